The molecule has 2 saturated carbocycles. The number of carbonyl (C=O) groups is 1. The summed E-state index contributed by atoms with van der Waals surface area (Å²) >= 11 is 0. The van der Waals surface area contributed by atoms with Gasteiger partial charge in [0.2, 0.25) is 0 Å². The van der Waals surface area contributed by atoms with E-state index in [4.69, 9.17) is 9.47 Å². The Morgan fingerprint density at radius 1 is 1.07 bits per heavy atom. The molecule has 6 rings (SSSR count). The fourth-order valence-electron chi connectivity index (χ4n) is 4.08. The van der Waals surface area contributed by atoms with Gasteiger partial charge in [0.15, 0.2) is 5.82 Å². The Kier molecular flexibility index (Phi) is 4.20. The second kappa shape index (κ2) is 6.84. The van der Waals surface area contributed by atoms with Crippen LogP contribution in [0, 0.1) is 0 Å². The Labute approximate surface area is 157 Å². The Bertz CT molecular complexity index is 832. The molecule has 0 radical (unpaired) electrons. The predicted octanol–water partition coefficient (Wildman–Crippen LogP) is 2.97. The number of rotatable bonds is 0. The number of ether oxygens (including phenoxy) is 2. The number of pyridine rings is 1. The zero-order valence-electron chi connectivity index (χ0n) is 15.0. The van der Waals surface area contributed by atoms with Crippen LogP contribution in [0.5, 0.6) is 0 Å². The van der Waals surface area contributed by atoms with Crippen LogP contribution >= 0.6 is 0 Å². The number of fused-ring (bicyclic) bond motifs is 3. The Balaban J connectivity index is 1.36. The summed E-state index contributed by atoms with van der Waals surface area (Å²) in [6.45, 7) is 0.452. The maximum atomic E-state index is 12.1. The van der Waals surface area contributed by atoms with E-state index in [0.717, 1.165) is 55.1 Å². The highest BCUT2D eigenvalue weighted by molar-refractivity contribution is 5.68. The normalized spacial score (nSPS) is 30.1. The summed E-state index contributed by atoms with van der Waals surface area (Å²) < 4.78 is 11.5. The highest BCUT2D eigenvalue weighted by Crippen LogP contribution is 2.36. The van der Waals surface area contributed by atoms with Gasteiger partial charge in [-0.2, -0.15) is 5.10 Å². The molecule has 2 aliphatic heterocycles. The topological polar surface area (TPSA) is 101 Å². The van der Waals surface area contributed by atoms with Crippen molar-refractivity contribution >= 4 is 17.7 Å². The van der Waals surface area contributed by atoms with Crippen molar-refractivity contribution in [3.63, 3.8) is 0 Å². The van der Waals surface area contributed by atoms with Gasteiger partial charge in [-0.15, -0.1) is 0 Å². The molecule has 0 unspecified atom stereocenters. The molecule has 142 valence electrons. The van der Waals surface area contributed by atoms with E-state index in [2.05, 4.69) is 25.8 Å². The summed E-state index contributed by atoms with van der Waals surface area (Å²) in [5.74, 6) is 1.81. The predicted molar refractivity (Wildman–Crippen MR) is 97.7 cm³/mol. The minimum Gasteiger partial charge on any atom is -0.446 e. The molecule has 8 nitrogen and oxygen atoms in total. The lowest BCUT2D eigenvalue weighted by molar-refractivity contribution is -0.0283. The van der Waals surface area contributed by atoms with Gasteiger partial charge in [-0.25, -0.2) is 9.78 Å². The van der Waals surface area contributed by atoms with Crippen molar-refractivity contribution in [2.75, 3.05) is 5.32 Å². The summed E-state index contributed by atoms with van der Waals surface area (Å²) in [7, 11) is 0. The van der Waals surface area contributed by atoms with E-state index in [9.17, 15) is 4.79 Å². The van der Waals surface area contributed by atoms with Crippen molar-refractivity contribution in [2.24, 2.45) is 0 Å². The molecule has 4 heterocycles. The fraction of sp³-hybridized carbons (Fsp3) is 0.526. The van der Waals surface area contributed by atoms with Gasteiger partial charge in [0.25, 0.3) is 0 Å². The third-order valence-electron chi connectivity index (χ3n) is 5.64. The lowest BCUT2D eigenvalue weighted by Crippen LogP contribution is -2.48. The maximum Gasteiger partial charge on any atom is 0.407 e. The van der Waals surface area contributed by atoms with Gasteiger partial charge in [-0.3, -0.25) is 5.10 Å². The van der Waals surface area contributed by atoms with Crippen molar-refractivity contribution in [1.29, 1.82) is 0 Å². The highest BCUT2D eigenvalue weighted by Gasteiger charge is 2.34. The Morgan fingerprint density at radius 2 is 2.00 bits per heavy atom. The summed E-state index contributed by atoms with van der Waals surface area (Å²) in [6.07, 6.45) is 4.09. The lowest BCUT2D eigenvalue weighted by Gasteiger charge is -2.35. The minimum atomic E-state index is -0.313. The van der Waals surface area contributed by atoms with Gasteiger partial charge in [-0.1, -0.05) is 6.07 Å². The molecule has 8 heteroatoms. The SMILES string of the molecule is O=C1NC2CC(C2)OCc2cccc(n2)Nc2cc([nH]n2)[C@H]2CC[C@H](C2)O1. The number of anilines is 2. The van der Waals surface area contributed by atoms with Crippen LogP contribution in [0.2, 0.25) is 0 Å². The second-order valence-corrected chi connectivity index (χ2v) is 7.63. The van der Waals surface area contributed by atoms with Crippen LogP contribution < -0.4 is 10.6 Å². The molecule has 8 bridgehead atoms. The van der Waals surface area contributed by atoms with Crippen molar-refractivity contribution in [3.05, 3.63) is 35.7 Å². The fourth-order valence-corrected chi connectivity index (χ4v) is 4.08. The first kappa shape index (κ1) is 16.6. The molecule has 27 heavy (non-hydrogen) atoms. The molecule has 2 atom stereocenters. The van der Waals surface area contributed by atoms with Gasteiger partial charge in [-0.05, 0) is 44.2 Å². The van der Waals surface area contributed by atoms with Crippen LogP contribution in [0.4, 0.5) is 16.4 Å². The average Bonchev–Trinajstić information content (AvgIpc) is 3.26. The Hall–Kier alpha value is -2.61. The molecular formula is C19H23N5O3. The molecule has 4 aliphatic rings. The lowest BCUT2D eigenvalue weighted by atomic mass is 9.89. The average molecular weight is 369 g/mol. The standard InChI is InChI=1S/C19H23N5O3/c25-19-21-13-7-15(8-13)26-10-12-2-1-3-17(20-12)22-18-9-16(23-24-18)11-4-5-14(6-11)27-19/h1-3,9,11,13-15H,4-8,10H2,(H,21,25)(H2,20,22,23,24)/t11-,13?,14+,15?/m0/s1. The van der Waals surface area contributed by atoms with E-state index in [1.165, 1.54) is 0 Å². The van der Waals surface area contributed by atoms with Crippen molar-refractivity contribution in [3.8, 4) is 0 Å². The molecule has 2 aromatic heterocycles. The van der Waals surface area contributed by atoms with E-state index in [1.54, 1.807) is 0 Å². The molecule has 2 aromatic rings. The summed E-state index contributed by atoms with van der Waals surface area (Å²) in [4.78, 5) is 16.7. The highest BCUT2D eigenvalue weighted by atomic mass is 16.6. The largest absolute Gasteiger partial charge is 0.446 e. The van der Waals surface area contributed by atoms with E-state index in [0.29, 0.717) is 12.5 Å². The van der Waals surface area contributed by atoms with Crippen LogP contribution in [0.3, 0.4) is 0 Å². The van der Waals surface area contributed by atoms with E-state index in [-0.39, 0.29) is 24.3 Å². The van der Waals surface area contributed by atoms with Gasteiger partial charge in [0.1, 0.15) is 11.9 Å². The number of aromatic amines is 1. The van der Waals surface area contributed by atoms with Crippen molar-refractivity contribution in [1.82, 2.24) is 20.5 Å². The summed E-state index contributed by atoms with van der Waals surface area (Å²) in [6, 6.07) is 7.97. The number of H-pyrrole nitrogens is 1. The third-order valence-corrected chi connectivity index (χ3v) is 5.64. The number of hydrogen-bond donors (Lipinski definition) is 3. The van der Waals surface area contributed by atoms with Crippen molar-refractivity contribution < 1.29 is 14.3 Å². The monoisotopic (exact) mass is 369 g/mol. The van der Waals surface area contributed by atoms with Gasteiger partial charge in [0, 0.05) is 23.7 Å². The minimum absolute atomic E-state index is 0.0425. The number of nitrogens with one attached hydrogen (secondary N) is 3. The maximum absolute atomic E-state index is 12.1. The number of alkyl carbamates (subject to hydrolysis) is 1. The van der Waals surface area contributed by atoms with Crippen molar-refractivity contribution in [2.45, 2.75) is 62.9 Å². The van der Waals surface area contributed by atoms with Crippen LogP contribution in [0.25, 0.3) is 0 Å². The molecule has 0 spiro atoms. The molecule has 3 N–H and O–H groups in total. The molecule has 1 amide bonds. The number of hydrogen-bond acceptors (Lipinski definition) is 6. The Morgan fingerprint density at radius 3 is 2.93 bits per heavy atom. The first-order valence-electron chi connectivity index (χ1n) is 9.58. The first-order valence-corrected chi connectivity index (χ1v) is 9.58. The molecular weight excluding hydrogens is 346 g/mol. The summed E-state index contributed by atoms with van der Waals surface area (Å²) in [5, 5.41) is 13.7. The quantitative estimate of drug-likeness (QED) is 0.660. The van der Waals surface area contributed by atoms with Crippen LogP contribution in [-0.2, 0) is 16.1 Å². The molecule has 2 fully saturated rings. The number of carbonyl (C=O) groups excluding carboxylic acids is 1. The van der Waals surface area contributed by atoms with Gasteiger partial charge >= 0.3 is 6.09 Å². The van der Waals surface area contributed by atoms with Crippen LogP contribution in [0.1, 0.15) is 49.4 Å². The number of aromatic nitrogens is 3. The molecule has 0 aromatic carbocycles. The zero-order chi connectivity index (χ0) is 18.2. The van der Waals surface area contributed by atoms with Gasteiger partial charge < -0.3 is 20.1 Å². The van der Waals surface area contributed by atoms with E-state index in [1.807, 2.05) is 24.3 Å². The van der Waals surface area contributed by atoms with Crippen LogP contribution in [-0.4, -0.2) is 39.5 Å². The summed E-state index contributed by atoms with van der Waals surface area (Å²) in [5.41, 5.74) is 1.93. The molecule has 2 aliphatic carbocycles. The number of amides is 1. The van der Waals surface area contributed by atoms with E-state index >= 15 is 0 Å². The smallest absolute Gasteiger partial charge is 0.407 e. The third kappa shape index (κ3) is 3.62. The molecule has 0 saturated heterocycles. The first-order chi connectivity index (χ1) is 13.2. The number of nitrogens with zero attached hydrogens (tertiary/aromatic N) is 2. The second-order valence-electron chi connectivity index (χ2n) is 7.63. The zero-order valence-corrected chi connectivity index (χ0v) is 15.0. The van der Waals surface area contributed by atoms with E-state index < -0.39 is 0 Å². The van der Waals surface area contributed by atoms with Crippen LogP contribution in [0.15, 0.2) is 24.3 Å². The van der Waals surface area contributed by atoms with Gasteiger partial charge in [0.05, 0.1) is 18.4 Å².